The molecule has 2 aromatic heterocycles. The Morgan fingerprint density at radius 1 is 0.456 bits per heavy atom. The maximum Gasteiger partial charge on any atom is 0.235 e. The third kappa shape index (κ3) is 5.29. The zero-order chi connectivity index (χ0) is 38.1. The van der Waals surface area contributed by atoms with E-state index in [1.807, 2.05) is 18.2 Å². The van der Waals surface area contributed by atoms with Gasteiger partial charge in [-0.15, -0.1) is 0 Å². The van der Waals surface area contributed by atoms with Crippen LogP contribution < -0.4 is 4.90 Å². The highest BCUT2D eigenvalue weighted by molar-refractivity contribution is 6.12. The van der Waals surface area contributed by atoms with Gasteiger partial charge in [0.1, 0.15) is 11.2 Å². The molecule has 1 aliphatic carbocycles. The van der Waals surface area contributed by atoms with Gasteiger partial charge in [-0.3, -0.25) is 4.90 Å². The van der Waals surface area contributed by atoms with Gasteiger partial charge >= 0.3 is 0 Å². The van der Waals surface area contributed by atoms with E-state index >= 15 is 0 Å². The fraction of sp³-hybridized carbons (Fsp3) is 0.0566. The number of furan rings is 1. The second kappa shape index (κ2) is 12.9. The third-order valence-electron chi connectivity index (χ3n) is 11.7. The molecule has 0 spiro atoms. The number of anilines is 3. The van der Waals surface area contributed by atoms with Crippen molar-refractivity contribution in [1.29, 1.82) is 0 Å². The van der Waals surface area contributed by atoms with Gasteiger partial charge in [0, 0.05) is 38.4 Å². The largest absolute Gasteiger partial charge is 0.456 e. The number of benzene rings is 8. The molecule has 0 atom stereocenters. The molecule has 0 bridgehead atoms. The highest BCUT2D eigenvalue weighted by atomic mass is 16.3. The molecule has 0 amide bonds. The summed E-state index contributed by atoms with van der Waals surface area (Å²) in [5, 5.41) is 3.25. The molecule has 0 radical (unpaired) electrons. The van der Waals surface area contributed by atoms with E-state index in [9.17, 15) is 0 Å². The molecule has 0 saturated heterocycles. The highest BCUT2D eigenvalue weighted by Crippen LogP contribution is 2.54. The summed E-state index contributed by atoms with van der Waals surface area (Å²) in [5.74, 6) is 0.616. The first-order valence-corrected chi connectivity index (χ1v) is 19.5. The van der Waals surface area contributed by atoms with Crippen molar-refractivity contribution in [3.05, 3.63) is 199 Å². The van der Waals surface area contributed by atoms with Gasteiger partial charge < -0.3 is 4.42 Å². The van der Waals surface area contributed by atoms with Gasteiger partial charge in [0.15, 0.2) is 0 Å². The van der Waals surface area contributed by atoms with Crippen LogP contribution in [0.25, 0.3) is 77.5 Å². The van der Waals surface area contributed by atoms with Crippen LogP contribution in [0, 0.1) is 0 Å². The Hall–Kier alpha value is -7.30. The monoisotopic (exact) mass is 731 g/mol. The van der Waals surface area contributed by atoms with Crippen molar-refractivity contribution in [2.45, 2.75) is 19.3 Å². The van der Waals surface area contributed by atoms with E-state index in [1.165, 1.54) is 27.8 Å². The molecule has 0 N–H and O–H groups in total. The number of hydrogen-bond acceptors (Lipinski definition) is 4. The first kappa shape index (κ1) is 33.1. The predicted molar refractivity (Wildman–Crippen MR) is 235 cm³/mol. The van der Waals surface area contributed by atoms with Crippen LogP contribution in [0.15, 0.2) is 192 Å². The molecule has 0 aliphatic heterocycles. The first-order valence-electron chi connectivity index (χ1n) is 19.5. The van der Waals surface area contributed by atoms with Gasteiger partial charge in [-0.05, 0) is 75.3 Å². The van der Waals surface area contributed by atoms with Gasteiger partial charge in [0.25, 0.3) is 0 Å². The maximum atomic E-state index is 6.23. The quantitative estimate of drug-likeness (QED) is 0.171. The van der Waals surface area contributed by atoms with Crippen LogP contribution in [0.3, 0.4) is 0 Å². The average Bonchev–Trinajstić information content (AvgIpc) is 3.76. The lowest BCUT2D eigenvalue weighted by Crippen LogP contribution is -2.17. The molecular formula is C53H37N3O. The van der Waals surface area contributed by atoms with E-state index in [-0.39, 0.29) is 5.41 Å². The lowest BCUT2D eigenvalue weighted by molar-refractivity contribution is 0.660. The summed E-state index contributed by atoms with van der Waals surface area (Å²) < 4.78 is 6.23. The van der Waals surface area contributed by atoms with Crippen LogP contribution in [0.4, 0.5) is 17.3 Å². The standard InChI is InChI=1S/C53H37N3O/c1-53(2)43-20-9-6-16-40(43)50-44(53)21-13-23-46(50)56(38-32-30-35(31-33-38)34-14-4-3-5-15-34)52-54-45-22-10-7-17-41(45)51(55-52)37-28-26-36(27-29-37)39-19-12-25-48-49(39)42-18-8-11-24-47(42)57-48/h3-33H,1-2H3. The fourth-order valence-corrected chi connectivity index (χ4v) is 8.92. The van der Waals surface area contributed by atoms with E-state index < -0.39 is 0 Å². The lowest BCUT2D eigenvalue weighted by Gasteiger charge is -2.28. The Morgan fingerprint density at radius 2 is 1.07 bits per heavy atom. The molecular weight excluding hydrogens is 695 g/mol. The van der Waals surface area contributed by atoms with E-state index in [1.54, 1.807) is 0 Å². The SMILES string of the molecule is CC1(C)c2ccccc2-c2c(N(c3ccc(-c4ccccc4)cc3)c3nc(-c4ccc(-c5cccc6oc7ccccc7c56)cc4)c4ccccc4n3)cccc21. The van der Waals surface area contributed by atoms with Gasteiger partial charge in [0.2, 0.25) is 5.95 Å². The van der Waals surface area contributed by atoms with Crippen LogP contribution in [0.1, 0.15) is 25.0 Å². The second-order valence-corrected chi connectivity index (χ2v) is 15.4. The van der Waals surface area contributed by atoms with Gasteiger partial charge in [0.05, 0.1) is 16.9 Å². The van der Waals surface area contributed by atoms with Crippen molar-refractivity contribution >= 4 is 50.2 Å². The van der Waals surface area contributed by atoms with Crippen molar-refractivity contribution in [2.24, 2.45) is 0 Å². The first-order chi connectivity index (χ1) is 28.0. The summed E-state index contributed by atoms with van der Waals surface area (Å²) in [5.41, 5.74) is 16.1. The van der Waals surface area contributed by atoms with Crippen molar-refractivity contribution in [2.75, 3.05) is 4.90 Å². The second-order valence-electron chi connectivity index (χ2n) is 15.4. The van der Waals surface area contributed by atoms with Gasteiger partial charge in [-0.1, -0.05) is 166 Å². The van der Waals surface area contributed by atoms with Crippen LogP contribution in [0.5, 0.6) is 0 Å². The zero-order valence-corrected chi connectivity index (χ0v) is 31.6. The Balaban J connectivity index is 1.10. The Morgan fingerprint density at radius 3 is 1.91 bits per heavy atom. The number of aromatic nitrogens is 2. The molecule has 8 aromatic carbocycles. The molecule has 2 heterocycles. The average molecular weight is 732 g/mol. The summed E-state index contributed by atoms with van der Waals surface area (Å²) in [4.78, 5) is 13.1. The molecule has 1 aliphatic rings. The van der Waals surface area contributed by atoms with E-state index in [2.05, 4.69) is 189 Å². The topological polar surface area (TPSA) is 42.2 Å². The third-order valence-corrected chi connectivity index (χ3v) is 11.7. The summed E-state index contributed by atoms with van der Waals surface area (Å²) >= 11 is 0. The molecule has 0 unspecified atom stereocenters. The lowest BCUT2D eigenvalue weighted by atomic mass is 9.82. The smallest absolute Gasteiger partial charge is 0.235 e. The Labute approximate surface area is 331 Å². The number of nitrogens with zero attached hydrogens (tertiary/aromatic N) is 3. The van der Waals surface area contributed by atoms with Crippen LogP contribution in [-0.2, 0) is 5.41 Å². The van der Waals surface area contributed by atoms with Gasteiger partial charge in [-0.2, -0.15) is 0 Å². The molecule has 0 saturated carbocycles. The maximum absolute atomic E-state index is 6.23. The predicted octanol–water partition coefficient (Wildman–Crippen LogP) is 14.3. The van der Waals surface area contributed by atoms with Gasteiger partial charge in [-0.25, -0.2) is 9.97 Å². The molecule has 11 rings (SSSR count). The molecule has 4 heteroatoms. The van der Waals surface area contributed by atoms with Crippen molar-refractivity contribution in [3.8, 4) is 44.6 Å². The fourth-order valence-electron chi connectivity index (χ4n) is 8.92. The molecule has 270 valence electrons. The number of para-hydroxylation sites is 2. The van der Waals surface area contributed by atoms with Crippen molar-refractivity contribution in [1.82, 2.24) is 9.97 Å². The summed E-state index contributed by atoms with van der Waals surface area (Å²) in [7, 11) is 0. The Kier molecular flexibility index (Phi) is 7.48. The van der Waals surface area contributed by atoms with E-state index in [4.69, 9.17) is 14.4 Å². The minimum atomic E-state index is -0.158. The summed E-state index contributed by atoms with van der Waals surface area (Å²) in [6, 6.07) is 66.4. The molecule has 0 fully saturated rings. The summed E-state index contributed by atoms with van der Waals surface area (Å²) in [6.07, 6.45) is 0. The molecule has 4 nitrogen and oxygen atoms in total. The number of hydrogen-bond donors (Lipinski definition) is 0. The van der Waals surface area contributed by atoms with Crippen LogP contribution in [0.2, 0.25) is 0 Å². The van der Waals surface area contributed by atoms with Crippen LogP contribution in [-0.4, -0.2) is 9.97 Å². The Bertz CT molecular complexity index is 3140. The van der Waals surface area contributed by atoms with E-state index in [0.717, 1.165) is 72.2 Å². The summed E-state index contributed by atoms with van der Waals surface area (Å²) in [6.45, 7) is 4.65. The van der Waals surface area contributed by atoms with Crippen molar-refractivity contribution < 1.29 is 4.42 Å². The number of rotatable bonds is 6. The van der Waals surface area contributed by atoms with E-state index in [0.29, 0.717) is 5.95 Å². The zero-order valence-electron chi connectivity index (χ0n) is 31.6. The van der Waals surface area contributed by atoms with Crippen LogP contribution >= 0.6 is 0 Å². The minimum absolute atomic E-state index is 0.158. The molecule has 10 aromatic rings. The number of fused-ring (bicyclic) bond motifs is 7. The normalized spacial score (nSPS) is 12.9. The van der Waals surface area contributed by atoms with Crippen molar-refractivity contribution in [3.63, 3.8) is 0 Å². The highest BCUT2D eigenvalue weighted by Gasteiger charge is 2.38. The molecule has 57 heavy (non-hydrogen) atoms. The minimum Gasteiger partial charge on any atom is -0.456 e.